The van der Waals surface area contributed by atoms with Gasteiger partial charge in [-0.25, -0.2) is 4.79 Å². The highest BCUT2D eigenvalue weighted by Crippen LogP contribution is 2.43. The number of aromatic amines is 1. The second-order valence-corrected chi connectivity index (χ2v) is 19.3. The molecule has 5 aromatic rings. The smallest absolute Gasteiger partial charge is 0.411 e. The van der Waals surface area contributed by atoms with Gasteiger partial charge in [0.15, 0.2) is 19.5 Å². The number of anilines is 2. The zero-order valence-corrected chi connectivity index (χ0v) is 41.8. The molecule has 4 aromatic carbocycles. The highest BCUT2D eigenvalue weighted by molar-refractivity contribution is 6.26. The van der Waals surface area contributed by atoms with Crippen molar-refractivity contribution in [2.24, 2.45) is 5.41 Å². The number of rotatable bonds is 22. The zero-order chi connectivity index (χ0) is 47.1. The number of likely N-dealkylation sites (tertiary alicyclic amines) is 1. The van der Waals surface area contributed by atoms with Crippen molar-refractivity contribution in [3.05, 3.63) is 125 Å². The van der Waals surface area contributed by atoms with Crippen LogP contribution in [0.4, 0.5) is 16.2 Å². The van der Waals surface area contributed by atoms with Crippen LogP contribution in [0.3, 0.4) is 0 Å². The number of nitrogens with one attached hydrogen (secondary N) is 4. The molecule has 14 nitrogen and oxygen atoms in total. The number of aromatic nitrogens is 1. The van der Waals surface area contributed by atoms with Gasteiger partial charge in [-0.15, -0.1) is 0 Å². The number of fused-ring (bicyclic) bond motifs is 1. The van der Waals surface area contributed by atoms with Crippen molar-refractivity contribution in [2.45, 2.75) is 83.9 Å². The molecule has 0 radical (unpaired) electrons. The van der Waals surface area contributed by atoms with Gasteiger partial charge < -0.3 is 44.1 Å². The Morgan fingerprint density at radius 1 is 0.879 bits per heavy atom. The molecule has 0 bridgehead atoms. The summed E-state index contributed by atoms with van der Waals surface area (Å²) in [5, 5.41) is 20.9. The highest BCUT2D eigenvalue weighted by atomic mass is 28.2. The topological polar surface area (TPSA) is 175 Å². The Bertz CT molecular complexity index is 2420. The molecular weight excluding hydrogens is 869 g/mol. The summed E-state index contributed by atoms with van der Waals surface area (Å²) in [5.74, 6) is -0.167. The Morgan fingerprint density at radius 3 is 2.29 bits per heavy atom. The number of pyridine rings is 1. The summed E-state index contributed by atoms with van der Waals surface area (Å²) >= 11 is 0. The van der Waals surface area contributed by atoms with E-state index in [0.717, 1.165) is 40.7 Å². The molecule has 0 spiro atoms. The first-order valence-corrected chi connectivity index (χ1v) is 27.1. The molecule has 1 aliphatic heterocycles. The van der Waals surface area contributed by atoms with Crippen molar-refractivity contribution in [3.63, 3.8) is 0 Å². The van der Waals surface area contributed by atoms with E-state index in [1.54, 1.807) is 24.1 Å². The molecular formula is C50H66N6O8Si2. The van der Waals surface area contributed by atoms with E-state index in [1.165, 1.54) is 6.07 Å². The van der Waals surface area contributed by atoms with Gasteiger partial charge in [0, 0.05) is 93.2 Å². The number of benzene rings is 4. The van der Waals surface area contributed by atoms with Crippen LogP contribution in [0.2, 0.25) is 13.1 Å². The van der Waals surface area contributed by atoms with Crippen molar-refractivity contribution in [3.8, 4) is 16.9 Å². The van der Waals surface area contributed by atoms with Crippen molar-refractivity contribution >= 4 is 59.7 Å². The molecule has 16 heteroatoms. The van der Waals surface area contributed by atoms with E-state index in [4.69, 9.17) is 13.6 Å². The molecule has 352 valence electrons. The number of carbonyl (C=O) groups excluding carboxylic acids is 3. The van der Waals surface area contributed by atoms with Crippen LogP contribution in [0, 0.1) is 5.41 Å². The summed E-state index contributed by atoms with van der Waals surface area (Å²) in [6.07, 6.45) is 1.56. The van der Waals surface area contributed by atoms with E-state index >= 15 is 0 Å². The van der Waals surface area contributed by atoms with Crippen LogP contribution in [0.1, 0.15) is 63.0 Å². The van der Waals surface area contributed by atoms with E-state index in [-0.39, 0.29) is 47.9 Å². The summed E-state index contributed by atoms with van der Waals surface area (Å²) < 4.78 is 18.3. The monoisotopic (exact) mass is 934 g/mol. The maximum absolute atomic E-state index is 13.0. The minimum atomic E-state index is -0.773. The summed E-state index contributed by atoms with van der Waals surface area (Å²) in [6, 6.07) is 32.1. The number of carbonyl (C=O) groups is 3. The third-order valence-corrected chi connectivity index (χ3v) is 13.6. The number of phenolic OH excluding ortho intramolecular Hbond substituents is 1. The lowest BCUT2D eigenvalue weighted by Crippen LogP contribution is -2.43. The number of hydrogen-bond donors (Lipinski definition) is 5. The molecule has 1 fully saturated rings. The minimum absolute atomic E-state index is 0.0193. The van der Waals surface area contributed by atoms with Crippen LogP contribution in [-0.2, 0) is 29.7 Å². The first-order chi connectivity index (χ1) is 31.9. The summed E-state index contributed by atoms with van der Waals surface area (Å²) in [6.45, 7) is 12.2. The molecule has 2 heterocycles. The number of aromatic hydroxyl groups is 1. The fraction of sp³-hybridized carbons (Fsp3) is 0.400. The Labute approximate surface area is 392 Å². The van der Waals surface area contributed by atoms with Crippen LogP contribution >= 0.6 is 0 Å². The van der Waals surface area contributed by atoms with Crippen LogP contribution in [0.5, 0.6) is 5.75 Å². The van der Waals surface area contributed by atoms with Crippen molar-refractivity contribution in [1.29, 1.82) is 0 Å². The Morgan fingerprint density at radius 2 is 1.58 bits per heavy atom. The first kappa shape index (κ1) is 49.8. The third-order valence-electron chi connectivity index (χ3n) is 12.4. The molecule has 1 aromatic heterocycles. The fourth-order valence-corrected chi connectivity index (χ4v) is 10.5. The van der Waals surface area contributed by atoms with Gasteiger partial charge in [-0.2, -0.15) is 0 Å². The van der Waals surface area contributed by atoms with E-state index in [2.05, 4.69) is 52.8 Å². The van der Waals surface area contributed by atoms with E-state index < -0.39 is 31.0 Å². The van der Waals surface area contributed by atoms with Crippen LogP contribution in [0.25, 0.3) is 22.0 Å². The predicted octanol–water partition coefficient (Wildman–Crippen LogP) is 6.70. The molecule has 0 aliphatic carbocycles. The number of hydrogen-bond acceptors (Lipinski definition) is 10. The van der Waals surface area contributed by atoms with Crippen LogP contribution < -0.4 is 21.5 Å². The molecule has 3 amide bonds. The summed E-state index contributed by atoms with van der Waals surface area (Å²) in [5.41, 5.74) is 5.03. The maximum atomic E-state index is 13.0. The quantitative estimate of drug-likeness (QED) is 0.0371. The van der Waals surface area contributed by atoms with Gasteiger partial charge in [0.05, 0.1) is 11.2 Å². The predicted molar refractivity (Wildman–Crippen MR) is 267 cm³/mol. The van der Waals surface area contributed by atoms with Crippen molar-refractivity contribution in [2.75, 3.05) is 50.4 Å². The number of H-pyrrole nitrogens is 1. The molecule has 66 heavy (non-hydrogen) atoms. The second kappa shape index (κ2) is 24.2. The molecule has 5 N–H and O–H groups in total. The van der Waals surface area contributed by atoms with Gasteiger partial charge in [0.25, 0.3) is 0 Å². The van der Waals surface area contributed by atoms with Crippen LogP contribution in [-0.4, -0.2) is 109 Å². The Hall–Kier alpha value is -5.63. The van der Waals surface area contributed by atoms with Gasteiger partial charge in [-0.05, 0) is 66.3 Å². The number of phenols is 1. The van der Waals surface area contributed by atoms with Gasteiger partial charge in [0.2, 0.25) is 17.4 Å². The minimum Gasteiger partial charge on any atom is -0.506 e. The third kappa shape index (κ3) is 13.7. The van der Waals surface area contributed by atoms with Gasteiger partial charge in [-0.3, -0.25) is 19.7 Å². The number of piperidine rings is 1. The fourth-order valence-electron chi connectivity index (χ4n) is 8.62. The standard InChI is InChI=1S/C50H66N6O8Si2/c1-50(2,48(63-65-4)64-66-5)41(39-21-23-43(57)47-40(39)22-24-45(59)54-47)33-51-32-34-17-19-36(20-18-34)52-44(58)16-11-28-55(3)46(60)27-31-56-29-25-37(26-30-56)62-49(61)53-42-15-10-9-14-38(42)35-12-7-6-8-13-35/h6-10,12-15,17-24,37,41,48,51,57H,11,16,25-33,65-66H2,1-5H3,(H,52,58)(H,53,61)(H,54,59). The average molecular weight is 935 g/mol. The van der Waals surface area contributed by atoms with Crippen molar-refractivity contribution < 1.29 is 33.1 Å². The van der Waals surface area contributed by atoms with Gasteiger partial charge >= 0.3 is 6.09 Å². The summed E-state index contributed by atoms with van der Waals surface area (Å²) in [7, 11) is 0.231. The Kier molecular flexibility index (Phi) is 18.3. The van der Waals surface area contributed by atoms with Crippen molar-refractivity contribution in [1.82, 2.24) is 20.1 Å². The van der Waals surface area contributed by atoms with E-state index in [9.17, 15) is 24.3 Å². The highest BCUT2D eigenvalue weighted by Gasteiger charge is 2.40. The number of para-hydroxylation sites is 1. The molecule has 0 saturated carbocycles. The number of amides is 3. The summed E-state index contributed by atoms with van der Waals surface area (Å²) in [4.78, 5) is 57.6. The van der Waals surface area contributed by atoms with Gasteiger partial charge in [0.1, 0.15) is 18.1 Å². The van der Waals surface area contributed by atoms with Gasteiger partial charge in [-0.1, -0.05) is 93.7 Å². The lowest BCUT2D eigenvalue weighted by molar-refractivity contribution is -0.130. The lowest BCUT2D eigenvalue weighted by atomic mass is 9.73. The maximum Gasteiger partial charge on any atom is 0.411 e. The SMILES string of the molecule is C[SiH2]OC(O[SiH2]C)C(C)(C)C(CNCc1ccc(NC(=O)CCCN(C)C(=O)CCN2CCC(OC(=O)Nc3ccccc3-c3ccccc3)CC2)cc1)c1ccc(O)c2[nH]c(=O)ccc12. The number of nitrogens with zero attached hydrogens (tertiary/aromatic N) is 2. The number of ether oxygens (including phenoxy) is 1. The van der Waals surface area contributed by atoms with Crippen LogP contribution in [0.15, 0.2) is 108 Å². The molecule has 1 saturated heterocycles. The molecule has 1 aliphatic rings. The lowest BCUT2D eigenvalue weighted by Gasteiger charge is -2.41. The largest absolute Gasteiger partial charge is 0.506 e. The average Bonchev–Trinajstić information content (AvgIpc) is 3.31. The Balaban J connectivity index is 0.899. The van der Waals surface area contributed by atoms with E-state index in [0.29, 0.717) is 68.8 Å². The normalized spacial score (nSPS) is 14.7. The molecule has 1 atom stereocenters. The molecule has 6 rings (SSSR count). The zero-order valence-electron chi connectivity index (χ0n) is 38.9. The molecule has 1 unspecified atom stereocenters. The first-order valence-electron chi connectivity index (χ1n) is 23.1. The second-order valence-electron chi connectivity index (χ2n) is 17.4. The van der Waals surface area contributed by atoms with E-state index in [1.807, 2.05) is 84.9 Å².